The van der Waals surface area contributed by atoms with Gasteiger partial charge in [0.25, 0.3) is 0 Å². The van der Waals surface area contributed by atoms with Gasteiger partial charge in [-0.2, -0.15) is 0 Å². The molecule has 0 atom stereocenters. The summed E-state index contributed by atoms with van der Waals surface area (Å²) in [5.74, 6) is 0. The molecule has 0 aliphatic heterocycles. The molecule has 0 saturated carbocycles. The van der Waals surface area contributed by atoms with Crippen molar-refractivity contribution in [1.82, 2.24) is 4.57 Å². The molecule has 0 fully saturated rings. The molecule has 0 N–H and O–H groups in total. The molecule has 52 heavy (non-hydrogen) atoms. The highest BCUT2D eigenvalue weighted by Gasteiger charge is 2.22. The zero-order chi connectivity index (χ0) is 34.2. The van der Waals surface area contributed by atoms with E-state index in [-0.39, 0.29) is 0 Å². The molecule has 9 aromatic carbocycles. The predicted molar refractivity (Wildman–Crippen MR) is 222 cm³/mol. The lowest BCUT2D eigenvalue weighted by Crippen LogP contribution is -1.95. The Bertz CT molecular complexity index is 3050. The Kier molecular flexibility index (Phi) is 6.38. The van der Waals surface area contributed by atoms with Crippen LogP contribution in [0.3, 0.4) is 0 Å². The first-order chi connectivity index (χ1) is 25.8. The number of allylic oxidation sites excluding steroid dienone is 1. The molecule has 0 saturated heterocycles. The van der Waals surface area contributed by atoms with E-state index in [1.165, 1.54) is 104 Å². The summed E-state index contributed by atoms with van der Waals surface area (Å²) in [5, 5.41) is 10.3. The molecule has 0 bridgehead atoms. The Morgan fingerprint density at radius 2 is 0.904 bits per heavy atom. The third-order valence-electron chi connectivity index (χ3n) is 11.2. The van der Waals surface area contributed by atoms with Crippen LogP contribution in [0, 0.1) is 0 Å². The highest BCUT2D eigenvalue weighted by Crippen LogP contribution is 2.45. The Morgan fingerprint density at radius 1 is 0.365 bits per heavy atom. The van der Waals surface area contributed by atoms with Gasteiger partial charge in [-0.1, -0.05) is 158 Å². The van der Waals surface area contributed by atoms with Crippen LogP contribution in [0.5, 0.6) is 0 Å². The summed E-state index contributed by atoms with van der Waals surface area (Å²) in [4.78, 5) is 0. The van der Waals surface area contributed by atoms with Gasteiger partial charge in [-0.25, -0.2) is 0 Å². The molecule has 1 heterocycles. The molecule has 1 aromatic heterocycles. The van der Waals surface area contributed by atoms with Gasteiger partial charge >= 0.3 is 0 Å². The van der Waals surface area contributed by atoms with Crippen LogP contribution in [0.2, 0.25) is 0 Å². The smallest absolute Gasteiger partial charge is 0.0547 e. The van der Waals surface area contributed by atoms with Gasteiger partial charge in [-0.3, -0.25) is 0 Å². The molecule has 11 rings (SSSR count). The van der Waals surface area contributed by atoms with Crippen molar-refractivity contribution >= 4 is 65.8 Å². The maximum Gasteiger partial charge on any atom is 0.0547 e. The number of para-hydroxylation sites is 1. The molecular formula is C51H33N. The fourth-order valence-corrected chi connectivity index (χ4v) is 8.95. The van der Waals surface area contributed by atoms with Crippen molar-refractivity contribution in [1.29, 1.82) is 0 Å². The molecule has 1 aliphatic carbocycles. The van der Waals surface area contributed by atoms with Gasteiger partial charge in [0.15, 0.2) is 0 Å². The molecule has 242 valence electrons. The largest absolute Gasteiger partial charge is 0.309 e. The van der Waals surface area contributed by atoms with Crippen molar-refractivity contribution in [2.45, 2.75) is 6.42 Å². The minimum Gasteiger partial charge on any atom is -0.309 e. The summed E-state index contributed by atoms with van der Waals surface area (Å²) in [7, 11) is 0. The first kappa shape index (κ1) is 29.1. The normalized spacial score (nSPS) is 12.7. The molecular weight excluding hydrogens is 627 g/mol. The third-order valence-corrected chi connectivity index (χ3v) is 11.2. The summed E-state index contributed by atoms with van der Waals surface area (Å²) < 4.78 is 2.47. The van der Waals surface area contributed by atoms with Crippen LogP contribution in [0.4, 0.5) is 0 Å². The number of fused-ring (bicyclic) bond motifs is 12. The molecule has 1 nitrogen and oxygen atoms in total. The molecule has 0 spiro atoms. The molecule has 10 aromatic rings. The number of hydrogen-bond acceptors (Lipinski definition) is 0. The first-order valence-corrected chi connectivity index (χ1v) is 18.2. The van der Waals surface area contributed by atoms with Crippen molar-refractivity contribution in [3.8, 4) is 27.9 Å². The highest BCUT2D eigenvalue weighted by molar-refractivity contribution is 6.26. The predicted octanol–water partition coefficient (Wildman–Crippen LogP) is 13.7. The Balaban J connectivity index is 1.20. The van der Waals surface area contributed by atoms with E-state index in [0.29, 0.717) is 0 Å². The van der Waals surface area contributed by atoms with E-state index >= 15 is 0 Å². The fraction of sp³-hybridized carbons (Fsp3) is 0.0196. The van der Waals surface area contributed by atoms with Gasteiger partial charge in [0.2, 0.25) is 0 Å². The number of aromatic nitrogens is 1. The molecule has 0 radical (unpaired) electrons. The van der Waals surface area contributed by atoms with Gasteiger partial charge in [0.1, 0.15) is 0 Å². The Morgan fingerprint density at radius 3 is 1.67 bits per heavy atom. The van der Waals surface area contributed by atoms with Crippen molar-refractivity contribution in [2.75, 3.05) is 0 Å². The number of rotatable bonds is 3. The van der Waals surface area contributed by atoms with Gasteiger partial charge < -0.3 is 4.57 Å². The van der Waals surface area contributed by atoms with E-state index in [9.17, 15) is 0 Å². The third kappa shape index (κ3) is 4.30. The van der Waals surface area contributed by atoms with E-state index in [4.69, 9.17) is 0 Å². The van der Waals surface area contributed by atoms with Gasteiger partial charge in [-0.05, 0) is 114 Å². The second-order valence-electron chi connectivity index (χ2n) is 14.0. The quantitative estimate of drug-likeness (QED) is 0.166. The topological polar surface area (TPSA) is 4.93 Å². The summed E-state index contributed by atoms with van der Waals surface area (Å²) in [6.45, 7) is 0. The standard InChI is InChI=1S/C51H33N/c1-2-14-33(15-3-1)35-30-34-16-4-5-17-37(34)38-23-12-24-43(47(38)31-35)45-25-13-27-50-51(45)46-22-10-11-26-49(46)52(50)36-28-29-44-41-20-7-6-18-39(41)40-19-8-9-21-42(40)48(44)32-36/h1-29,31-32H,30H2. The van der Waals surface area contributed by atoms with Crippen LogP contribution in [0.25, 0.3) is 93.7 Å². The van der Waals surface area contributed by atoms with E-state index in [1.807, 2.05) is 0 Å². The lowest BCUT2D eigenvalue weighted by Gasteiger charge is -2.15. The SMILES string of the molecule is C1=C(c2ccccc2)Cc2ccccc2-c2cccc(-c3cccc4c3c3ccccc3n4-c3ccc4c5ccccc5c5ccccc5c4c3)c21. The molecule has 0 amide bonds. The fourth-order valence-electron chi connectivity index (χ4n) is 8.95. The number of benzene rings is 9. The van der Waals surface area contributed by atoms with Crippen LogP contribution >= 0.6 is 0 Å². The average Bonchev–Trinajstić information content (AvgIpc) is 3.45. The van der Waals surface area contributed by atoms with Crippen molar-refractivity contribution in [3.05, 3.63) is 199 Å². The first-order valence-electron chi connectivity index (χ1n) is 18.2. The second kappa shape index (κ2) is 11.4. The van der Waals surface area contributed by atoms with Crippen LogP contribution in [-0.2, 0) is 6.42 Å². The van der Waals surface area contributed by atoms with Gasteiger partial charge in [0, 0.05) is 16.5 Å². The minimum absolute atomic E-state index is 0.893. The Hall–Kier alpha value is -6.70. The number of nitrogens with zero attached hydrogens (tertiary/aromatic N) is 1. The van der Waals surface area contributed by atoms with Gasteiger partial charge in [-0.15, -0.1) is 0 Å². The van der Waals surface area contributed by atoms with Crippen molar-refractivity contribution in [3.63, 3.8) is 0 Å². The van der Waals surface area contributed by atoms with Crippen LogP contribution in [0.15, 0.2) is 182 Å². The van der Waals surface area contributed by atoms with Crippen molar-refractivity contribution in [2.24, 2.45) is 0 Å². The van der Waals surface area contributed by atoms with Crippen LogP contribution < -0.4 is 0 Å². The maximum absolute atomic E-state index is 2.47. The molecule has 0 unspecified atom stereocenters. The van der Waals surface area contributed by atoms with Gasteiger partial charge in [0.05, 0.1) is 11.0 Å². The molecule has 1 aliphatic rings. The summed E-state index contributed by atoms with van der Waals surface area (Å²) in [6.07, 6.45) is 3.35. The van der Waals surface area contributed by atoms with E-state index < -0.39 is 0 Å². The van der Waals surface area contributed by atoms with E-state index in [2.05, 4.69) is 193 Å². The van der Waals surface area contributed by atoms with E-state index in [0.717, 1.165) is 6.42 Å². The maximum atomic E-state index is 2.47. The zero-order valence-electron chi connectivity index (χ0n) is 28.6. The molecule has 1 heteroatoms. The van der Waals surface area contributed by atoms with Crippen LogP contribution in [0.1, 0.15) is 16.7 Å². The zero-order valence-corrected chi connectivity index (χ0v) is 28.6. The minimum atomic E-state index is 0.893. The summed E-state index contributed by atoms with van der Waals surface area (Å²) in [6, 6.07) is 67.1. The lowest BCUT2D eigenvalue weighted by atomic mass is 9.89. The van der Waals surface area contributed by atoms with Crippen LogP contribution in [-0.4, -0.2) is 4.57 Å². The monoisotopic (exact) mass is 659 g/mol. The number of hydrogen-bond donors (Lipinski definition) is 0. The second-order valence-corrected chi connectivity index (χ2v) is 14.0. The van der Waals surface area contributed by atoms with Crippen molar-refractivity contribution < 1.29 is 0 Å². The van der Waals surface area contributed by atoms with E-state index in [1.54, 1.807) is 0 Å². The highest BCUT2D eigenvalue weighted by atomic mass is 15.0. The Labute approximate surface area is 302 Å². The average molecular weight is 660 g/mol. The summed E-state index contributed by atoms with van der Waals surface area (Å²) in [5.41, 5.74) is 13.9. The summed E-state index contributed by atoms with van der Waals surface area (Å²) >= 11 is 0. The lowest BCUT2D eigenvalue weighted by molar-refractivity contribution is 1.19.